The molecule has 1 aromatic carbocycles. The number of methoxy groups -OCH3 is 2. The van der Waals surface area contributed by atoms with E-state index in [9.17, 15) is 19.2 Å². The van der Waals surface area contributed by atoms with E-state index < -0.39 is 11.9 Å². The van der Waals surface area contributed by atoms with Crippen molar-refractivity contribution >= 4 is 45.1 Å². The lowest BCUT2D eigenvalue weighted by Crippen LogP contribution is -2.25. The topological polar surface area (TPSA) is 162 Å². The quantitative estimate of drug-likeness (QED) is 0.196. The Morgan fingerprint density at radius 3 is 2.27 bits per heavy atom. The minimum absolute atomic E-state index is 0.0598. The van der Waals surface area contributed by atoms with E-state index in [4.69, 9.17) is 29.2 Å². The van der Waals surface area contributed by atoms with E-state index in [2.05, 4.69) is 4.98 Å². The van der Waals surface area contributed by atoms with E-state index in [0.717, 1.165) is 15.6 Å². The monoisotopic (exact) mass is 586 g/mol. The molecule has 4 rings (SSSR count). The number of hydrogen-bond donors (Lipinski definition) is 2. The fourth-order valence-corrected chi connectivity index (χ4v) is 5.32. The smallest absolute Gasteiger partial charge is 0.303 e. The Morgan fingerprint density at radius 2 is 1.56 bits per heavy atom. The second kappa shape index (κ2) is 13.3. The first-order valence-electron chi connectivity index (χ1n) is 12.9. The van der Waals surface area contributed by atoms with Gasteiger partial charge in [0.15, 0.2) is 23.0 Å². The van der Waals surface area contributed by atoms with Gasteiger partial charge in [-0.05, 0) is 29.1 Å². The maximum atomic E-state index is 12.3. The fourth-order valence-electron chi connectivity index (χ4n) is 4.28. The molecule has 3 aromatic rings. The number of thiophene rings is 1. The van der Waals surface area contributed by atoms with Crippen molar-refractivity contribution in [1.82, 2.24) is 9.88 Å². The minimum atomic E-state index is -1.02. The van der Waals surface area contributed by atoms with Crippen molar-refractivity contribution in [2.24, 2.45) is 0 Å². The van der Waals surface area contributed by atoms with Gasteiger partial charge in [0.05, 0.1) is 57.4 Å². The molecule has 0 unspecified atom stereocenters. The number of fused-ring (bicyclic) bond motifs is 2. The number of carboxylic acid groups (broad SMARTS) is 2. The number of rotatable bonds is 15. The number of ether oxygens (including phenoxy) is 4. The molecule has 218 valence electrons. The average Bonchev–Trinajstić information content (AvgIpc) is 3.56. The van der Waals surface area contributed by atoms with Crippen molar-refractivity contribution in [2.45, 2.75) is 45.2 Å². The van der Waals surface area contributed by atoms with Gasteiger partial charge in [0.25, 0.3) is 5.88 Å². The third kappa shape index (κ3) is 7.42. The van der Waals surface area contributed by atoms with Crippen LogP contribution in [0.3, 0.4) is 0 Å². The van der Waals surface area contributed by atoms with Crippen LogP contribution in [0.2, 0.25) is 0 Å². The van der Waals surface area contributed by atoms with E-state index >= 15 is 0 Å². The van der Waals surface area contributed by atoms with Crippen LogP contribution in [-0.2, 0) is 27.5 Å². The highest BCUT2D eigenvalue weighted by atomic mass is 32.1. The van der Waals surface area contributed by atoms with Gasteiger partial charge in [0.2, 0.25) is 5.91 Å². The number of aromatic nitrogens is 1. The highest BCUT2D eigenvalue weighted by Gasteiger charge is 2.27. The summed E-state index contributed by atoms with van der Waals surface area (Å²) in [6.45, 7) is 1.18. The van der Waals surface area contributed by atoms with Gasteiger partial charge in [-0.25, -0.2) is 4.98 Å². The molecular formula is C28H30N2O10S. The molecule has 12 nitrogen and oxygen atoms in total. The molecule has 2 N–H and O–H groups in total. The number of pyridine rings is 1. The van der Waals surface area contributed by atoms with E-state index in [1.165, 1.54) is 25.6 Å². The lowest BCUT2D eigenvalue weighted by atomic mass is 10.1. The second-order valence-electron chi connectivity index (χ2n) is 9.26. The summed E-state index contributed by atoms with van der Waals surface area (Å²) in [6.07, 6.45) is -0.0608. The predicted octanol–water partition coefficient (Wildman–Crippen LogP) is 3.92. The first-order chi connectivity index (χ1) is 19.7. The zero-order valence-corrected chi connectivity index (χ0v) is 23.5. The van der Waals surface area contributed by atoms with Gasteiger partial charge in [-0.3, -0.25) is 19.2 Å². The van der Waals surface area contributed by atoms with Crippen molar-refractivity contribution < 1.29 is 48.3 Å². The molecule has 0 radical (unpaired) electrons. The summed E-state index contributed by atoms with van der Waals surface area (Å²) in [6, 6.07) is 7.08. The summed E-state index contributed by atoms with van der Waals surface area (Å²) >= 11 is 1.28. The van der Waals surface area contributed by atoms with Gasteiger partial charge in [0.1, 0.15) is 0 Å². The van der Waals surface area contributed by atoms with Crippen LogP contribution >= 0.6 is 11.3 Å². The summed E-state index contributed by atoms with van der Waals surface area (Å²) in [5.41, 5.74) is 1.50. The number of carbonyl (C=O) groups excluding carboxylic acids is 2. The number of hydrogen-bond acceptors (Lipinski definition) is 10. The van der Waals surface area contributed by atoms with Crippen LogP contribution in [0.25, 0.3) is 10.1 Å². The minimum Gasteiger partial charge on any atom is -0.493 e. The van der Waals surface area contributed by atoms with E-state index in [0.29, 0.717) is 53.3 Å². The Bertz CT molecular complexity index is 1470. The van der Waals surface area contributed by atoms with E-state index in [1.807, 2.05) is 0 Å². The summed E-state index contributed by atoms with van der Waals surface area (Å²) < 4.78 is 23.5. The zero-order valence-electron chi connectivity index (χ0n) is 22.6. The lowest BCUT2D eigenvalue weighted by molar-refractivity contribution is -0.141. The molecule has 0 atom stereocenters. The van der Waals surface area contributed by atoms with Crippen molar-refractivity contribution in [1.29, 1.82) is 0 Å². The third-order valence-corrected chi connectivity index (χ3v) is 7.52. The van der Waals surface area contributed by atoms with Crippen LogP contribution in [-0.4, -0.2) is 71.2 Å². The second-order valence-corrected chi connectivity index (χ2v) is 10.3. The molecule has 41 heavy (non-hydrogen) atoms. The maximum Gasteiger partial charge on any atom is 0.303 e. The standard InChI is InChI=1S/C28H30N2O10S/c1-37-20-13-23-16(12-24(41-23)19(31)4-6-26(33)34)10-21(20)39-8-3-9-40-28-22(38-2)11-17-14-30(15-18(17)29-28)25(32)5-7-27(35)36/h10-13H,3-9,14-15H2,1-2H3,(H,33,34)(H,35,36). The number of nitrogens with zero attached hydrogens (tertiary/aromatic N) is 2. The summed E-state index contributed by atoms with van der Waals surface area (Å²) in [4.78, 5) is 52.8. The fraction of sp³-hybridized carbons (Fsp3) is 0.393. The number of carboxylic acids is 2. The average molecular weight is 587 g/mol. The van der Waals surface area contributed by atoms with Gasteiger partial charge < -0.3 is 34.1 Å². The number of aliphatic carboxylic acids is 2. The van der Waals surface area contributed by atoms with Gasteiger partial charge in [-0.1, -0.05) is 0 Å². The first kappa shape index (κ1) is 29.6. The van der Waals surface area contributed by atoms with E-state index in [-0.39, 0.29) is 50.5 Å². The molecule has 0 saturated carbocycles. The largest absolute Gasteiger partial charge is 0.493 e. The predicted molar refractivity (Wildman–Crippen MR) is 147 cm³/mol. The van der Waals surface area contributed by atoms with Crippen LogP contribution in [0.5, 0.6) is 23.1 Å². The van der Waals surface area contributed by atoms with Gasteiger partial charge >= 0.3 is 11.9 Å². The Morgan fingerprint density at radius 1 is 0.854 bits per heavy atom. The highest BCUT2D eigenvalue weighted by molar-refractivity contribution is 7.20. The molecule has 1 amide bonds. The van der Waals surface area contributed by atoms with Crippen LogP contribution in [0.4, 0.5) is 0 Å². The van der Waals surface area contributed by atoms with Crippen molar-refractivity contribution in [2.75, 3.05) is 27.4 Å². The molecule has 0 aliphatic carbocycles. The number of benzene rings is 1. The van der Waals surface area contributed by atoms with Crippen LogP contribution in [0.15, 0.2) is 24.3 Å². The number of carbonyl (C=O) groups is 4. The van der Waals surface area contributed by atoms with Crippen LogP contribution < -0.4 is 18.9 Å². The van der Waals surface area contributed by atoms with Crippen molar-refractivity contribution in [3.05, 3.63) is 40.4 Å². The number of Topliss-reactive ketones (excluding diaryl/α,β-unsaturated/α-hetero) is 1. The molecule has 0 saturated heterocycles. The molecule has 0 fully saturated rings. The maximum absolute atomic E-state index is 12.3. The summed E-state index contributed by atoms with van der Waals surface area (Å²) in [5.74, 6) is -0.764. The van der Waals surface area contributed by atoms with Crippen LogP contribution in [0.1, 0.15) is 53.0 Å². The first-order valence-corrected chi connectivity index (χ1v) is 13.7. The Labute approximate surface area is 239 Å². The Kier molecular flexibility index (Phi) is 9.61. The lowest BCUT2D eigenvalue weighted by Gasteiger charge is -2.13. The van der Waals surface area contributed by atoms with Gasteiger partial charge in [-0.15, -0.1) is 11.3 Å². The SMILES string of the molecule is COc1cc2sc(C(=O)CCC(=O)O)cc2cc1OCCCOc1nc2c(cc1OC)CN(C(=O)CCC(=O)O)C2. The molecular weight excluding hydrogens is 556 g/mol. The molecule has 13 heteroatoms. The van der Waals surface area contributed by atoms with Crippen LogP contribution in [0, 0.1) is 0 Å². The van der Waals surface area contributed by atoms with E-state index in [1.54, 1.807) is 29.2 Å². The molecule has 3 heterocycles. The Hall–Kier alpha value is -4.39. The molecule has 0 bridgehead atoms. The zero-order chi connectivity index (χ0) is 29.5. The molecule has 1 aliphatic heterocycles. The van der Waals surface area contributed by atoms with Crippen molar-refractivity contribution in [3.8, 4) is 23.1 Å². The third-order valence-electron chi connectivity index (χ3n) is 6.38. The summed E-state index contributed by atoms with van der Waals surface area (Å²) in [7, 11) is 3.03. The highest BCUT2D eigenvalue weighted by Crippen LogP contribution is 2.37. The molecule has 2 aromatic heterocycles. The number of ketones is 1. The van der Waals surface area contributed by atoms with Crippen molar-refractivity contribution in [3.63, 3.8) is 0 Å². The molecule has 1 aliphatic rings. The van der Waals surface area contributed by atoms with Gasteiger partial charge in [0, 0.05) is 36.6 Å². The van der Waals surface area contributed by atoms with Gasteiger partial charge in [-0.2, -0.15) is 0 Å². The molecule has 0 spiro atoms. The number of amides is 1. The Balaban J connectivity index is 1.33. The normalized spacial score (nSPS) is 12.2. The summed E-state index contributed by atoms with van der Waals surface area (Å²) in [5, 5.41) is 18.5.